The molecule has 6 heteroatoms. The molecule has 0 bridgehead atoms. The van der Waals surface area contributed by atoms with E-state index in [1.54, 1.807) is 36.4 Å². The lowest BCUT2D eigenvalue weighted by molar-refractivity contribution is 0.102. The van der Waals surface area contributed by atoms with Crippen LogP contribution in [0.4, 0.5) is 16.2 Å². The van der Waals surface area contributed by atoms with E-state index in [4.69, 9.17) is 4.74 Å². The summed E-state index contributed by atoms with van der Waals surface area (Å²) in [5.41, 5.74) is 2.94. The molecule has 152 valence electrons. The Labute approximate surface area is 175 Å². The fourth-order valence-corrected chi connectivity index (χ4v) is 2.91. The maximum absolute atomic E-state index is 12.5. The van der Waals surface area contributed by atoms with Crippen LogP contribution in [0.3, 0.4) is 0 Å². The normalized spacial score (nSPS) is 12.7. The highest BCUT2D eigenvalue weighted by molar-refractivity contribution is 6.04. The van der Waals surface area contributed by atoms with E-state index in [9.17, 15) is 9.59 Å². The molecular weight excluding hydrogens is 378 g/mol. The number of ether oxygens (including phenoxy) is 1. The molecule has 0 heterocycles. The molecule has 1 aliphatic carbocycles. The van der Waals surface area contributed by atoms with Gasteiger partial charge in [0.1, 0.15) is 11.5 Å². The Balaban J connectivity index is 1.32. The van der Waals surface area contributed by atoms with Gasteiger partial charge in [0, 0.05) is 23.0 Å². The number of benzene rings is 3. The van der Waals surface area contributed by atoms with Gasteiger partial charge < -0.3 is 20.7 Å². The van der Waals surface area contributed by atoms with E-state index in [0.29, 0.717) is 28.7 Å². The Morgan fingerprint density at radius 2 is 1.50 bits per heavy atom. The van der Waals surface area contributed by atoms with Gasteiger partial charge in [-0.15, -0.1) is 0 Å². The molecule has 4 rings (SSSR count). The van der Waals surface area contributed by atoms with Crippen LogP contribution in [0.2, 0.25) is 0 Å². The third-order valence-corrected chi connectivity index (χ3v) is 4.65. The van der Waals surface area contributed by atoms with Gasteiger partial charge in [0.25, 0.3) is 5.91 Å². The minimum absolute atomic E-state index is 0.220. The maximum atomic E-state index is 12.5. The third-order valence-electron chi connectivity index (χ3n) is 4.65. The van der Waals surface area contributed by atoms with Gasteiger partial charge in [-0.3, -0.25) is 4.79 Å². The molecule has 1 aliphatic rings. The summed E-state index contributed by atoms with van der Waals surface area (Å²) in [7, 11) is 0. The number of anilines is 2. The van der Waals surface area contributed by atoms with Gasteiger partial charge in [0.15, 0.2) is 0 Å². The molecule has 1 fully saturated rings. The minimum Gasteiger partial charge on any atom is -0.457 e. The summed E-state index contributed by atoms with van der Waals surface area (Å²) in [5.74, 6) is 1.24. The van der Waals surface area contributed by atoms with Crippen molar-refractivity contribution in [1.82, 2.24) is 5.32 Å². The summed E-state index contributed by atoms with van der Waals surface area (Å²) in [6, 6.07) is 21.9. The van der Waals surface area contributed by atoms with Gasteiger partial charge in [-0.05, 0) is 86.0 Å². The molecule has 6 nitrogen and oxygen atoms in total. The molecule has 3 aromatic carbocycles. The highest BCUT2D eigenvalue weighted by Gasteiger charge is 2.23. The van der Waals surface area contributed by atoms with Gasteiger partial charge >= 0.3 is 6.03 Å². The van der Waals surface area contributed by atoms with Crippen molar-refractivity contribution in [3.05, 3.63) is 83.9 Å². The van der Waals surface area contributed by atoms with Crippen LogP contribution in [-0.4, -0.2) is 18.0 Å². The number of hydrogen-bond donors (Lipinski definition) is 3. The average molecular weight is 401 g/mol. The summed E-state index contributed by atoms with van der Waals surface area (Å²) in [4.78, 5) is 24.2. The zero-order chi connectivity index (χ0) is 20.9. The maximum Gasteiger partial charge on any atom is 0.319 e. The topological polar surface area (TPSA) is 79.5 Å². The van der Waals surface area contributed by atoms with Crippen molar-refractivity contribution < 1.29 is 14.3 Å². The molecule has 30 heavy (non-hydrogen) atoms. The zero-order valence-electron chi connectivity index (χ0n) is 16.6. The monoisotopic (exact) mass is 401 g/mol. The van der Waals surface area contributed by atoms with E-state index in [0.717, 1.165) is 24.2 Å². The van der Waals surface area contributed by atoms with Crippen molar-refractivity contribution in [2.75, 3.05) is 10.6 Å². The van der Waals surface area contributed by atoms with Crippen molar-refractivity contribution in [3.63, 3.8) is 0 Å². The Bertz CT molecular complexity index is 1040. The molecule has 3 aromatic rings. The van der Waals surface area contributed by atoms with E-state index in [1.807, 2.05) is 43.3 Å². The van der Waals surface area contributed by atoms with Crippen molar-refractivity contribution in [2.45, 2.75) is 25.8 Å². The predicted octanol–water partition coefficient (Wildman–Crippen LogP) is 5.32. The molecule has 3 amide bonds. The summed E-state index contributed by atoms with van der Waals surface area (Å²) in [5, 5.41) is 8.48. The molecule has 0 unspecified atom stereocenters. The lowest BCUT2D eigenvalue weighted by Gasteiger charge is -2.10. The molecule has 1 saturated carbocycles. The second kappa shape index (κ2) is 8.69. The van der Waals surface area contributed by atoms with Crippen LogP contribution >= 0.6 is 0 Å². The fourth-order valence-electron chi connectivity index (χ4n) is 2.91. The number of rotatable bonds is 6. The summed E-state index contributed by atoms with van der Waals surface area (Å²) in [6.45, 7) is 2.01. The number of amides is 3. The first kappa shape index (κ1) is 19.5. The second-order valence-corrected chi connectivity index (χ2v) is 7.35. The third kappa shape index (κ3) is 5.38. The molecule has 0 atom stereocenters. The van der Waals surface area contributed by atoms with Gasteiger partial charge in [-0.1, -0.05) is 12.1 Å². The average Bonchev–Trinajstić information content (AvgIpc) is 3.54. The van der Waals surface area contributed by atoms with Crippen LogP contribution in [0.5, 0.6) is 11.5 Å². The first-order chi connectivity index (χ1) is 14.5. The van der Waals surface area contributed by atoms with E-state index in [-0.39, 0.29) is 11.9 Å². The largest absolute Gasteiger partial charge is 0.457 e. The molecule has 0 radical (unpaired) electrons. The highest BCUT2D eigenvalue weighted by atomic mass is 16.5. The smallest absolute Gasteiger partial charge is 0.319 e. The number of urea groups is 1. The Hall–Kier alpha value is -3.80. The second-order valence-electron chi connectivity index (χ2n) is 7.35. The Morgan fingerprint density at radius 3 is 2.17 bits per heavy atom. The van der Waals surface area contributed by atoms with E-state index in [1.165, 1.54) is 0 Å². The Morgan fingerprint density at radius 1 is 0.833 bits per heavy atom. The number of carbonyl (C=O) groups excluding carboxylic acids is 2. The Kier molecular flexibility index (Phi) is 5.66. The quantitative estimate of drug-likeness (QED) is 0.523. The van der Waals surface area contributed by atoms with Gasteiger partial charge in [0.2, 0.25) is 0 Å². The van der Waals surface area contributed by atoms with E-state index >= 15 is 0 Å². The van der Waals surface area contributed by atoms with Crippen LogP contribution in [0, 0.1) is 6.92 Å². The molecule has 0 spiro atoms. The standard InChI is InChI=1S/C24H23N3O3/c1-16-3-2-4-22(15-16)30-21-13-11-18(12-14-21)25-23(28)17-5-7-19(8-6-17)26-24(29)27-20-9-10-20/h2-8,11-15,20H,9-10H2,1H3,(H,25,28)(H2,26,27,29). The van der Waals surface area contributed by atoms with Crippen molar-refractivity contribution in [3.8, 4) is 11.5 Å². The molecule has 0 aliphatic heterocycles. The molecule has 0 saturated heterocycles. The van der Waals surface area contributed by atoms with Crippen LogP contribution in [-0.2, 0) is 0 Å². The van der Waals surface area contributed by atoms with Crippen LogP contribution in [0.15, 0.2) is 72.8 Å². The van der Waals surface area contributed by atoms with E-state index in [2.05, 4.69) is 16.0 Å². The first-order valence-electron chi connectivity index (χ1n) is 9.89. The lowest BCUT2D eigenvalue weighted by atomic mass is 10.2. The van der Waals surface area contributed by atoms with Crippen LogP contribution in [0.1, 0.15) is 28.8 Å². The SMILES string of the molecule is Cc1cccc(Oc2ccc(NC(=O)c3ccc(NC(=O)NC4CC4)cc3)cc2)c1. The molecule has 0 aromatic heterocycles. The van der Waals surface area contributed by atoms with Gasteiger partial charge in [-0.2, -0.15) is 0 Å². The van der Waals surface area contributed by atoms with Gasteiger partial charge in [-0.25, -0.2) is 4.79 Å². The predicted molar refractivity (Wildman–Crippen MR) is 117 cm³/mol. The highest BCUT2D eigenvalue weighted by Crippen LogP contribution is 2.24. The molecule has 3 N–H and O–H groups in total. The van der Waals surface area contributed by atoms with Crippen LogP contribution in [0.25, 0.3) is 0 Å². The number of hydrogen-bond acceptors (Lipinski definition) is 3. The van der Waals surface area contributed by atoms with Crippen molar-refractivity contribution >= 4 is 23.3 Å². The number of nitrogens with one attached hydrogen (secondary N) is 3. The van der Waals surface area contributed by atoms with Gasteiger partial charge in [0.05, 0.1) is 0 Å². The summed E-state index contributed by atoms with van der Waals surface area (Å²) < 4.78 is 5.82. The minimum atomic E-state index is -0.226. The summed E-state index contributed by atoms with van der Waals surface area (Å²) in [6.07, 6.45) is 2.07. The summed E-state index contributed by atoms with van der Waals surface area (Å²) >= 11 is 0. The van der Waals surface area contributed by atoms with Crippen molar-refractivity contribution in [2.24, 2.45) is 0 Å². The van der Waals surface area contributed by atoms with Crippen molar-refractivity contribution in [1.29, 1.82) is 0 Å². The molecular formula is C24H23N3O3. The van der Waals surface area contributed by atoms with Crippen LogP contribution < -0.4 is 20.7 Å². The lowest BCUT2D eigenvalue weighted by Crippen LogP contribution is -2.30. The fraction of sp³-hybridized carbons (Fsp3) is 0.167. The van der Waals surface area contributed by atoms with E-state index < -0.39 is 0 Å². The zero-order valence-corrected chi connectivity index (χ0v) is 16.6. The first-order valence-corrected chi connectivity index (χ1v) is 9.89. The number of carbonyl (C=O) groups is 2. The number of aryl methyl sites for hydroxylation is 1.